The van der Waals surface area contributed by atoms with E-state index in [1.165, 1.54) is 82.9 Å². The summed E-state index contributed by atoms with van der Waals surface area (Å²) in [6, 6.07) is 6.56. The van der Waals surface area contributed by atoms with Gasteiger partial charge in [0.05, 0.1) is 42.6 Å². The van der Waals surface area contributed by atoms with Crippen molar-refractivity contribution in [2.45, 2.75) is 152 Å². The van der Waals surface area contributed by atoms with Gasteiger partial charge in [0.25, 0.3) is 11.8 Å². The van der Waals surface area contributed by atoms with Gasteiger partial charge < -0.3 is 90.4 Å². The Labute approximate surface area is 558 Å². The number of hydrogen-bond donors (Lipinski definition) is 9. The van der Waals surface area contributed by atoms with Crippen LogP contribution in [0.5, 0.6) is 17.2 Å². The van der Waals surface area contributed by atoms with Gasteiger partial charge in [0.2, 0.25) is 29.3 Å². The lowest BCUT2D eigenvalue weighted by Gasteiger charge is -2.44. The van der Waals surface area contributed by atoms with Crippen LogP contribution in [-0.2, 0) is 70.0 Å². The maximum Gasteiger partial charge on any atom is 0.410 e. The number of benzene rings is 3. The van der Waals surface area contributed by atoms with Crippen LogP contribution in [0.2, 0.25) is 0 Å². The van der Waals surface area contributed by atoms with E-state index in [-0.39, 0.29) is 97.2 Å². The number of carbonyl (C=O) groups is 11. The number of methoxy groups -OCH3 is 2. The van der Waals surface area contributed by atoms with Crippen LogP contribution in [0.3, 0.4) is 0 Å². The Morgan fingerprint density at radius 1 is 0.845 bits per heavy atom. The molecule has 31 heteroatoms. The molecule has 10 N–H and O–H groups in total. The zero-order valence-corrected chi connectivity index (χ0v) is 54.9. The third-order valence-electron chi connectivity index (χ3n) is 18.3. The van der Waals surface area contributed by atoms with E-state index >= 15 is 4.79 Å². The number of phenols is 2. The lowest BCUT2D eigenvalue weighted by Crippen LogP contribution is -2.55. The summed E-state index contributed by atoms with van der Waals surface area (Å²) < 4.78 is 42.4. The summed E-state index contributed by atoms with van der Waals surface area (Å²) in [7, 11) is 5.35. The fraction of sp³-hybridized carbons (Fsp3) is 0.530. The molecule has 1 unspecified atom stereocenters. The molecule has 3 fully saturated rings. The molecule has 3 aromatic rings. The summed E-state index contributed by atoms with van der Waals surface area (Å²) in [6.07, 6.45) is -7.69. The molecular formula is C66H83N9O22. The number of nitrogens with two attached hydrogens (primary N) is 1. The summed E-state index contributed by atoms with van der Waals surface area (Å²) in [4.78, 5) is 152. The van der Waals surface area contributed by atoms with Crippen LogP contribution in [0, 0.1) is 5.92 Å². The number of imide groups is 1. The topological polar surface area (TPSA) is 420 Å². The molecule has 11 atom stereocenters. The number of primary amides is 1. The minimum absolute atomic E-state index is 0.00751. The summed E-state index contributed by atoms with van der Waals surface area (Å²) in [5.74, 6) is -7.67. The van der Waals surface area contributed by atoms with Crippen LogP contribution < -0.4 is 31.7 Å². The van der Waals surface area contributed by atoms with E-state index in [1.807, 2.05) is 0 Å². The van der Waals surface area contributed by atoms with Crippen LogP contribution in [-0.4, -0.2) is 234 Å². The van der Waals surface area contributed by atoms with E-state index in [4.69, 9.17) is 38.9 Å². The van der Waals surface area contributed by atoms with Gasteiger partial charge in [-0.3, -0.25) is 48.2 Å². The van der Waals surface area contributed by atoms with Crippen molar-refractivity contribution in [2.75, 3.05) is 73.0 Å². The Hall–Kier alpha value is -9.11. The number of fused-ring (bicyclic) bond motifs is 6. The number of carbonyl (C=O) groups excluding carboxylic acids is 10. The highest BCUT2D eigenvalue weighted by atomic mass is 16.7. The highest BCUT2D eigenvalue weighted by Gasteiger charge is 2.56. The van der Waals surface area contributed by atoms with Crippen molar-refractivity contribution in [3.8, 4) is 17.2 Å². The highest BCUT2D eigenvalue weighted by molar-refractivity contribution is 6.31. The summed E-state index contributed by atoms with van der Waals surface area (Å²) >= 11 is 0. The van der Waals surface area contributed by atoms with Crippen molar-refractivity contribution >= 4 is 70.8 Å². The van der Waals surface area contributed by atoms with Gasteiger partial charge in [0, 0.05) is 127 Å². The van der Waals surface area contributed by atoms with E-state index < -0.39 is 174 Å². The number of carboxylic acid groups (broad SMARTS) is 1. The number of Topliss-reactive ketones (excluding diaryl/α,β-unsaturated/α-hetero) is 1. The average Bonchev–Trinajstić information content (AvgIpc) is 1.29. The van der Waals surface area contributed by atoms with Gasteiger partial charge in [-0.1, -0.05) is 44.5 Å². The first kappa shape index (κ1) is 72.2. The molecule has 9 amide bonds. The predicted molar refractivity (Wildman–Crippen MR) is 339 cm³/mol. The minimum atomic E-state index is -2.71. The molecule has 3 aromatic carbocycles. The number of ketones is 3. The van der Waals surface area contributed by atoms with Crippen LogP contribution in [0.25, 0.3) is 0 Å². The number of morpholine rings is 1. The van der Waals surface area contributed by atoms with Gasteiger partial charge in [0.1, 0.15) is 41.0 Å². The first-order valence-electron chi connectivity index (χ1n) is 32.1. The normalized spacial score (nSPS) is 23.4. The number of urea groups is 1. The molecule has 0 radical (unpaired) electrons. The smallest absolute Gasteiger partial charge is 0.410 e. The van der Waals surface area contributed by atoms with Gasteiger partial charge in [0.15, 0.2) is 30.7 Å². The molecule has 6 aliphatic rings. The Morgan fingerprint density at radius 2 is 1.55 bits per heavy atom. The second kappa shape index (κ2) is 31.0. The molecule has 2 aliphatic carbocycles. The van der Waals surface area contributed by atoms with Gasteiger partial charge >= 0.3 is 18.2 Å². The maximum absolute atomic E-state index is 15.6. The van der Waals surface area contributed by atoms with Gasteiger partial charge in [-0.2, -0.15) is 0 Å². The molecule has 97 heavy (non-hydrogen) atoms. The molecule has 31 nitrogen and oxygen atoms in total. The Morgan fingerprint density at radius 3 is 2.22 bits per heavy atom. The molecular weight excluding hydrogens is 1270 g/mol. The monoisotopic (exact) mass is 1350 g/mol. The number of aromatic hydroxyl groups is 2. The second-order valence-corrected chi connectivity index (χ2v) is 25.2. The van der Waals surface area contributed by atoms with E-state index in [1.54, 1.807) is 20.8 Å². The molecule has 0 aromatic heterocycles. The predicted octanol–water partition coefficient (Wildman–Crippen LogP) is 2.51. The molecule has 524 valence electrons. The Kier molecular flexibility index (Phi) is 23.0. The number of amides is 9. The number of likely N-dealkylation sites (N-methyl/N-ethyl adjacent to an activating group) is 2. The summed E-state index contributed by atoms with van der Waals surface area (Å²) in [6.45, 7) is 5.73. The second-order valence-electron chi connectivity index (χ2n) is 25.2. The molecule has 0 bridgehead atoms. The number of nitrogens with one attached hydrogen (secondary N) is 4. The lowest BCUT2D eigenvalue weighted by atomic mass is 9.71. The zero-order chi connectivity index (χ0) is 70.3. The van der Waals surface area contributed by atoms with E-state index in [0.717, 1.165) is 14.7 Å². The molecule has 0 saturated carbocycles. The van der Waals surface area contributed by atoms with Crippen molar-refractivity contribution in [3.05, 3.63) is 93.6 Å². The third kappa shape index (κ3) is 16.0. The highest BCUT2D eigenvalue weighted by Crippen LogP contribution is 2.53. The number of unbranched alkanes of at least 4 members (excludes halogenated alkanes) is 2. The fourth-order valence-electron chi connectivity index (χ4n) is 13.1. The number of rotatable bonds is 28. The molecule has 4 heterocycles. The van der Waals surface area contributed by atoms with Crippen molar-refractivity contribution in [2.24, 2.45) is 11.7 Å². The number of phenolic OH excluding ortho intramolecular Hbond substituents is 2. The average molecular weight is 1350 g/mol. The van der Waals surface area contributed by atoms with Crippen molar-refractivity contribution in [1.29, 1.82) is 0 Å². The third-order valence-corrected chi connectivity index (χ3v) is 18.3. The first-order chi connectivity index (χ1) is 46.1. The van der Waals surface area contributed by atoms with Gasteiger partial charge in [-0.15, -0.1) is 0 Å². The fourth-order valence-corrected chi connectivity index (χ4v) is 13.1. The summed E-state index contributed by atoms with van der Waals surface area (Å²) in [5.41, 5.74) is 0.870. The van der Waals surface area contributed by atoms with Crippen molar-refractivity contribution in [3.63, 3.8) is 0 Å². The summed E-state index contributed by atoms with van der Waals surface area (Å²) in [5, 5.41) is 58.3. The quantitative estimate of drug-likeness (QED) is 0.0224. The van der Waals surface area contributed by atoms with E-state index in [9.17, 15) is 68.4 Å². The van der Waals surface area contributed by atoms with Crippen LogP contribution >= 0.6 is 0 Å². The number of aliphatic hydroxyl groups is 1. The largest absolute Gasteiger partial charge is 0.507 e. The molecule has 0 spiro atoms. The Bertz CT molecular complexity index is 3570. The lowest BCUT2D eigenvalue weighted by molar-refractivity contribution is -0.256. The molecule has 3 saturated heterocycles. The van der Waals surface area contributed by atoms with Crippen molar-refractivity contribution in [1.82, 2.24) is 35.6 Å². The van der Waals surface area contributed by atoms with Crippen LogP contribution in [0.1, 0.15) is 127 Å². The minimum Gasteiger partial charge on any atom is -0.507 e. The maximum atomic E-state index is 15.6. The molecule has 4 aliphatic heterocycles. The number of nitrogens with zero attached hydrogens (tertiary/aromatic N) is 4. The number of anilines is 1. The number of ether oxygens (including phenoxy) is 7. The van der Waals surface area contributed by atoms with E-state index in [0.29, 0.717) is 32.4 Å². The van der Waals surface area contributed by atoms with Gasteiger partial charge in [-0.05, 0) is 62.3 Å². The van der Waals surface area contributed by atoms with Crippen LogP contribution in [0.4, 0.5) is 20.1 Å². The van der Waals surface area contributed by atoms with Crippen LogP contribution in [0.15, 0.2) is 54.6 Å². The van der Waals surface area contributed by atoms with Gasteiger partial charge in [-0.25, -0.2) is 14.4 Å². The molecule has 9 rings (SSSR count). The standard InChI is InChI=1S/C66H83N9O22/c1-33(2)52(71-44(76)16-9-8-10-24-75-45(77)21-22-46(75)78)60(85)70-39(14-12-23-68-63(67)86)59(84)69-36-19-17-35(18-20-36)29-42(96-65(89)73(5)26-25-72(4)64(87)88)58(83)66(90)31-38-49(56(82)51-50(54(38)80)53(79)37-13-11-15-41(91-6)48(37)55(51)81)43(32-66)95-47-30-40-57(34(3)94-47)97-61-62(92-7)93-28-27-74(40)61/h11,13,15,17-22,33-34,39-40,42-43,47,52,57,61-62,80,82,90H,8-10,12,14,16,23-32H2,1-7H3,(H,69,84)(H,70,85)(H,71,76)(H,87,88)(H3,67,68,86)/t34-,39-,40-,42?,43-,47-,52-,57+,61+,62-,66-/m0/s1. The SMILES string of the molecule is COc1cccc2c1C(=O)c1c(O)c3c(c(O)c1C2=O)C[C@@](O)(C(=O)C(Cc1ccc(NC(=O)[C@H](CCCNC(N)=O)NC(=O)[C@@H](NC(=O)CCCCCN2C(=O)C=CC2=O)C(C)C)cc1)OC(=O)N(C)CCN(C)C(=O)O)C[C@@H]3O[C@H]1C[C@H]2[C@H](O[C@@H]3[C@@H](OC)OCCN32)[C@H](C)O1. The first-order valence-corrected chi connectivity index (χ1v) is 32.1. The number of hydrogen-bond acceptors (Lipinski definition) is 22. The zero-order valence-electron chi connectivity index (χ0n) is 54.9. The Balaban J connectivity index is 0.978. The van der Waals surface area contributed by atoms with Crippen molar-refractivity contribution < 1.29 is 106 Å². The van der Waals surface area contributed by atoms with E-state index in [2.05, 4.69) is 26.2 Å².